The minimum atomic E-state index is -1.03. The summed E-state index contributed by atoms with van der Waals surface area (Å²) in [4.78, 5) is 27.1. The zero-order chi connectivity index (χ0) is 14.5. The third-order valence-electron chi connectivity index (χ3n) is 3.46. The van der Waals surface area contributed by atoms with E-state index in [0.29, 0.717) is 32.6 Å². The molecule has 0 N–H and O–H groups in total. The van der Waals surface area contributed by atoms with Crippen LogP contribution >= 0.6 is 0 Å². The topological polar surface area (TPSA) is 73.6 Å². The second-order valence-electron chi connectivity index (χ2n) is 4.91. The van der Waals surface area contributed by atoms with Crippen molar-refractivity contribution in [3.05, 3.63) is 0 Å². The van der Waals surface area contributed by atoms with Crippen molar-refractivity contribution in [2.45, 2.75) is 19.8 Å². The summed E-state index contributed by atoms with van der Waals surface area (Å²) in [7, 11) is 3.30. The van der Waals surface area contributed by atoms with Gasteiger partial charge in [0, 0.05) is 33.9 Å². The molecule has 0 spiro atoms. The molecule has 19 heavy (non-hydrogen) atoms. The lowest BCUT2D eigenvalue weighted by atomic mass is 9.80. The van der Waals surface area contributed by atoms with Crippen LogP contribution in [0, 0.1) is 16.7 Å². The van der Waals surface area contributed by atoms with Crippen LogP contribution in [-0.2, 0) is 14.3 Å². The van der Waals surface area contributed by atoms with Crippen LogP contribution in [0.5, 0.6) is 0 Å². The third kappa shape index (κ3) is 3.44. The summed E-state index contributed by atoms with van der Waals surface area (Å²) in [6, 6.07) is 2.14. The lowest BCUT2D eigenvalue weighted by Gasteiger charge is -2.34. The number of hydrogen-bond acceptors (Lipinski definition) is 4. The van der Waals surface area contributed by atoms with Crippen molar-refractivity contribution in [2.75, 3.05) is 40.4 Å². The van der Waals surface area contributed by atoms with E-state index in [-0.39, 0.29) is 18.4 Å². The van der Waals surface area contributed by atoms with Crippen LogP contribution in [0.3, 0.4) is 0 Å². The molecular weight excluding hydrogens is 246 g/mol. The first-order valence-electron chi connectivity index (χ1n) is 6.45. The van der Waals surface area contributed by atoms with Gasteiger partial charge in [-0.05, 0) is 19.8 Å². The first-order chi connectivity index (χ1) is 8.96. The van der Waals surface area contributed by atoms with Crippen LogP contribution in [0.15, 0.2) is 0 Å². The molecule has 1 rings (SSSR count). The minimum Gasteiger partial charge on any atom is -0.381 e. The van der Waals surface area contributed by atoms with Crippen LogP contribution in [0.25, 0.3) is 0 Å². The molecule has 6 heteroatoms. The molecular formula is C13H21N3O3. The number of nitrogens with zero attached hydrogens (tertiary/aromatic N) is 3. The summed E-state index contributed by atoms with van der Waals surface area (Å²) >= 11 is 0. The average Bonchev–Trinajstić information content (AvgIpc) is 2.44. The maximum atomic E-state index is 12.5. The molecule has 1 fully saturated rings. The standard InChI is InChI=1S/C13H21N3O3/c1-4-16(9-11(17)15(2)3)12(18)13(10-14)5-7-19-8-6-13/h4-9H2,1-3H3. The van der Waals surface area contributed by atoms with Gasteiger partial charge in [-0.3, -0.25) is 9.59 Å². The number of carbonyl (C=O) groups excluding carboxylic acids is 2. The molecule has 1 heterocycles. The van der Waals surface area contributed by atoms with Crippen LogP contribution < -0.4 is 0 Å². The minimum absolute atomic E-state index is 0.0205. The molecule has 0 aromatic heterocycles. The van der Waals surface area contributed by atoms with Crippen molar-refractivity contribution < 1.29 is 14.3 Å². The predicted octanol–water partition coefficient (Wildman–Crippen LogP) is 0.243. The number of likely N-dealkylation sites (N-methyl/N-ethyl adjacent to an activating group) is 2. The van der Waals surface area contributed by atoms with E-state index in [9.17, 15) is 14.9 Å². The van der Waals surface area contributed by atoms with E-state index in [0.717, 1.165) is 0 Å². The first-order valence-corrected chi connectivity index (χ1v) is 6.45. The molecule has 0 unspecified atom stereocenters. The fraction of sp³-hybridized carbons (Fsp3) is 0.769. The zero-order valence-electron chi connectivity index (χ0n) is 11.8. The molecule has 1 aliphatic rings. The zero-order valence-corrected chi connectivity index (χ0v) is 11.8. The van der Waals surface area contributed by atoms with Crippen molar-refractivity contribution >= 4 is 11.8 Å². The highest BCUT2D eigenvalue weighted by atomic mass is 16.5. The van der Waals surface area contributed by atoms with Crippen LogP contribution in [0.1, 0.15) is 19.8 Å². The summed E-state index contributed by atoms with van der Waals surface area (Å²) in [5.41, 5.74) is -1.03. The van der Waals surface area contributed by atoms with E-state index in [1.165, 1.54) is 9.80 Å². The number of amides is 2. The molecule has 0 atom stereocenters. The number of hydrogen-bond donors (Lipinski definition) is 0. The van der Waals surface area contributed by atoms with Gasteiger partial charge in [0.05, 0.1) is 12.6 Å². The maximum Gasteiger partial charge on any atom is 0.243 e. The third-order valence-corrected chi connectivity index (χ3v) is 3.46. The van der Waals surface area contributed by atoms with E-state index in [1.807, 2.05) is 6.92 Å². The number of rotatable bonds is 4. The molecule has 0 radical (unpaired) electrons. The molecule has 1 saturated heterocycles. The molecule has 106 valence electrons. The Morgan fingerprint density at radius 2 is 1.89 bits per heavy atom. The average molecular weight is 267 g/mol. The molecule has 0 saturated carbocycles. The monoisotopic (exact) mass is 267 g/mol. The summed E-state index contributed by atoms with van der Waals surface area (Å²) in [6.45, 7) is 3.08. The Bertz CT molecular complexity index is 381. The maximum absolute atomic E-state index is 12.5. The first kappa shape index (κ1) is 15.4. The van der Waals surface area contributed by atoms with Crippen molar-refractivity contribution in [1.82, 2.24) is 9.80 Å². The smallest absolute Gasteiger partial charge is 0.243 e. The molecule has 6 nitrogen and oxygen atoms in total. The fourth-order valence-electron chi connectivity index (χ4n) is 2.03. The molecule has 2 amide bonds. The molecule has 0 aromatic carbocycles. The van der Waals surface area contributed by atoms with Crippen molar-refractivity contribution in [3.8, 4) is 6.07 Å². The van der Waals surface area contributed by atoms with Crippen molar-refractivity contribution in [2.24, 2.45) is 5.41 Å². The Hall–Kier alpha value is -1.61. The summed E-state index contributed by atoms with van der Waals surface area (Å²) in [5.74, 6) is -0.397. The van der Waals surface area contributed by atoms with Gasteiger partial charge in [-0.15, -0.1) is 0 Å². The van der Waals surface area contributed by atoms with Gasteiger partial charge in [0.2, 0.25) is 11.8 Å². The highest BCUT2D eigenvalue weighted by molar-refractivity contribution is 5.89. The normalized spacial score (nSPS) is 17.4. The Labute approximate surface area is 113 Å². The van der Waals surface area contributed by atoms with Gasteiger partial charge in [-0.1, -0.05) is 0 Å². The van der Waals surface area contributed by atoms with Crippen LogP contribution in [-0.4, -0.2) is 62.0 Å². The molecule has 1 aliphatic heterocycles. The fourth-order valence-corrected chi connectivity index (χ4v) is 2.03. The number of ether oxygens (including phenoxy) is 1. The van der Waals surface area contributed by atoms with Crippen LogP contribution in [0.4, 0.5) is 0 Å². The lowest BCUT2D eigenvalue weighted by molar-refractivity contribution is -0.147. The summed E-state index contributed by atoms with van der Waals surface area (Å²) < 4.78 is 5.21. The summed E-state index contributed by atoms with van der Waals surface area (Å²) in [5, 5.41) is 9.35. The van der Waals surface area contributed by atoms with E-state index in [2.05, 4.69) is 6.07 Å². The number of carbonyl (C=O) groups is 2. The van der Waals surface area contributed by atoms with Gasteiger partial charge >= 0.3 is 0 Å². The van der Waals surface area contributed by atoms with Gasteiger partial charge in [0.15, 0.2) is 0 Å². The highest BCUT2D eigenvalue weighted by Crippen LogP contribution is 2.31. The SMILES string of the molecule is CCN(CC(=O)N(C)C)C(=O)C1(C#N)CCOCC1. The molecule has 0 bridgehead atoms. The van der Waals surface area contributed by atoms with Gasteiger partial charge < -0.3 is 14.5 Å². The lowest BCUT2D eigenvalue weighted by Crippen LogP contribution is -2.49. The largest absolute Gasteiger partial charge is 0.381 e. The van der Waals surface area contributed by atoms with E-state index >= 15 is 0 Å². The van der Waals surface area contributed by atoms with Gasteiger partial charge in [0.1, 0.15) is 5.41 Å². The molecule has 0 aliphatic carbocycles. The predicted molar refractivity (Wildman–Crippen MR) is 69.0 cm³/mol. The quantitative estimate of drug-likeness (QED) is 0.731. The highest BCUT2D eigenvalue weighted by Gasteiger charge is 2.43. The van der Waals surface area contributed by atoms with Crippen molar-refractivity contribution in [3.63, 3.8) is 0 Å². The van der Waals surface area contributed by atoms with E-state index in [4.69, 9.17) is 4.74 Å². The molecule has 0 aromatic rings. The second kappa shape index (κ2) is 6.53. The Morgan fingerprint density at radius 3 is 2.32 bits per heavy atom. The van der Waals surface area contributed by atoms with Gasteiger partial charge in [-0.2, -0.15) is 5.26 Å². The van der Waals surface area contributed by atoms with Crippen molar-refractivity contribution in [1.29, 1.82) is 5.26 Å². The summed E-state index contributed by atoms with van der Waals surface area (Å²) in [6.07, 6.45) is 0.796. The second-order valence-corrected chi connectivity index (χ2v) is 4.91. The Balaban J connectivity index is 2.82. The number of nitriles is 1. The Kier molecular flexibility index (Phi) is 5.31. The van der Waals surface area contributed by atoms with E-state index < -0.39 is 5.41 Å². The van der Waals surface area contributed by atoms with Crippen LogP contribution in [0.2, 0.25) is 0 Å². The van der Waals surface area contributed by atoms with E-state index in [1.54, 1.807) is 14.1 Å². The van der Waals surface area contributed by atoms with Gasteiger partial charge in [-0.25, -0.2) is 0 Å². The Morgan fingerprint density at radius 1 is 1.32 bits per heavy atom. The van der Waals surface area contributed by atoms with Gasteiger partial charge in [0.25, 0.3) is 0 Å².